The second-order valence-corrected chi connectivity index (χ2v) is 5.35. The highest BCUT2D eigenvalue weighted by molar-refractivity contribution is 7.18. The Balaban J connectivity index is 2.15. The Hall–Kier alpha value is -1.79. The van der Waals surface area contributed by atoms with E-state index in [9.17, 15) is 0 Å². The van der Waals surface area contributed by atoms with Gasteiger partial charge in [0, 0.05) is 18.1 Å². The number of thiazole rings is 1. The lowest BCUT2D eigenvalue weighted by atomic mass is 10.3. The molecule has 0 aliphatic heterocycles. The number of hydrogen-bond donors (Lipinski definition) is 1. The van der Waals surface area contributed by atoms with Crippen LogP contribution in [0.15, 0.2) is 35.7 Å². The average Bonchev–Trinajstić information content (AvgIpc) is 3.05. The van der Waals surface area contributed by atoms with E-state index in [0.29, 0.717) is 12.5 Å². The molecular weight excluding hydrogens is 264 g/mol. The lowest BCUT2D eigenvalue weighted by Gasteiger charge is -2.04. The maximum absolute atomic E-state index is 4.54. The number of hydrogen-bond acceptors (Lipinski definition) is 6. The third-order valence-corrected chi connectivity index (χ3v) is 4.03. The first-order chi connectivity index (χ1) is 8.88. The van der Waals surface area contributed by atoms with Crippen LogP contribution in [0.2, 0.25) is 0 Å². The number of thiophene rings is 1. The molecule has 3 heterocycles. The Morgan fingerprint density at radius 3 is 3.00 bits per heavy atom. The molecule has 6 heteroatoms. The van der Waals surface area contributed by atoms with Gasteiger partial charge in [-0.15, -0.1) is 29.3 Å². The van der Waals surface area contributed by atoms with Crippen LogP contribution in [0.5, 0.6) is 0 Å². The van der Waals surface area contributed by atoms with Crippen LogP contribution in [0.4, 0.5) is 5.95 Å². The smallest absolute Gasteiger partial charge is 0.224 e. The number of fused-ring (bicyclic) bond motifs is 1. The fourth-order valence-corrected chi connectivity index (χ4v) is 3.11. The summed E-state index contributed by atoms with van der Waals surface area (Å²) in [5.41, 5.74) is 1.85. The van der Waals surface area contributed by atoms with Crippen LogP contribution in [0, 0.1) is 0 Å². The molecule has 4 nitrogen and oxygen atoms in total. The summed E-state index contributed by atoms with van der Waals surface area (Å²) in [5, 5.41) is 8.02. The maximum Gasteiger partial charge on any atom is 0.224 e. The van der Waals surface area contributed by atoms with Crippen molar-refractivity contribution in [3.8, 4) is 10.7 Å². The summed E-state index contributed by atoms with van der Waals surface area (Å²) in [6.45, 7) is 4.32. The molecule has 0 unspecified atom stereocenters. The van der Waals surface area contributed by atoms with Gasteiger partial charge in [0.15, 0.2) is 0 Å². The topological polar surface area (TPSA) is 50.7 Å². The third-order valence-electron chi connectivity index (χ3n) is 2.34. The van der Waals surface area contributed by atoms with Gasteiger partial charge in [0.1, 0.15) is 10.7 Å². The molecule has 0 spiro atoms. The third kappa shape index (κ3) is 2.00. The van der Waals surface area contributed by atoms with Gasteiger partial charge in [-0.2, -0.15) is 0 Å². The number of aromatic nitrogens is 3. The zero-order valence-electron chi connectivity index (χ0n) is 9.46. The molecule has 1 N–H and O–H groups in total. The molecule has 90 valence electrons. The monoisotopic (exact) mass is 274 g/mol. The van der Waals surface area contributed by atoms with Gasteiger partial charge >= 0.3 is 0 Å². The van der Waals surface area contributed by atoms with E-state index in [1.54, 1.807) is 34.9 Å². The van der Waals surface area contributed by atoms with Gasteiger partial charge in [-0.25, -0.2) is 15.0 Å². The van der Waals surface area contributed by atoms with Crippen LogP contribution in [0.25, 0.3) is 20.9 Å². The van der Waals surface area contributed by atoms with Gasteiger partial charge in [0.2, 0.25) is 5.95 Å². The number of anilines is 1. The normalized spacial score (nSPS) is 10.7. The fourth-order valence-electron chi connectivity index (χ4n) is 1.59. The molecule has 0 saturated carbocycles. The lowest BCUT2D eigenvalue weighted by Crippen LogP contribution is -2.03. The van der Waals surface area contributed by atoms with E-state index < -0.39 is 0 Å². The van der Waals surface area contributed by atoms with Gasteiger partial charge < -0.3 is 5.32 Å². The minimum absolute atomic E-state index is 0.617. The highest BCUT2D eigenvalue weighted by Gasteiger charge is 2.12. The lowest BCUT2D eigenvalue weighted by molar-refractivity contribution is 1.16. The largest absolute Gasteiger partial charge is 0.351 e. The summed E-state index contributed by atoms with van der Waals surface area (Å²) < 4.78 is 1.08. The molecule has 0 aromatic carbocycles. The van der Waals surface area contributed by atoms with Gasteiger partial charge in [0.05, 0.1) is 10.2 Å². The molecule has 0 aliphatic carbocycles. The van der Waals surface area contributed by atoms with E-state index in [1.807, 2.05) is 16.8 Å². The van der Waals surface area contributed by atoms with Crippen molar-refractivity contribution in [2.45, 2.75) is 0 Å². The molecule has 18 heavy (non-hydrogen) atoms. The molecule has 0 radical (unpaired) electrons. The predicted molar refractivity (Wildman–Crippen MR) is 77.2 cm³/mol. The second-order valence-electron chi connectivity index (χ2n) is 3.54. The van der Waals surface area contributed by atoms with Crippen molar-refractivity contribution < 1.29 is 0 Å². The van der Waals surface area contributed by atoms with E-state index in [-0.39, 0.29) is 0 Å². The van der Waals surface area contributed by atoms with E-state index in [4.69, 9.17) is 0 Å². The van der Waals surface area contributed by atoms with Gasteiger partial charge in [-0.3, -0.25) is 0 Å². The molecule has 0 aliphatic rings. The SMILES string of the molecule is C=CCNc1nc(-c2nccs2)c2sccc2n1. The van der Waals surface area contributed by atoms with Crippen LogP contribution in [0.1, 0.15) is 0 Å². The summed E-state index contributed by atoms with van der Waals surface area (Å²) in [6.07, 6.45) is 3.57. The van der Waals surface area contributed by atoms with Gasteiger partial charge in [-0.1, -0.05) is 6.08 Å². The van der Waals surface area contributed by atoms with Crippen molar-refractivity contribution in [3.05, 3.63) is 35.7 Å². The van der Waals surface area contributed by atoms with Crippen molar-refractivity contribution in [3.63, 3.8) is 0 Å². The van der Waals surface area contributed by atoms with Gasteiger partial charge in [-0.05, 0) is 11.4 Å². The van der Waals surface area contributed by atoms with E-state index in [2.05, 4.69) is 26.8 Å². The van der Waals surface area contributed by atoms with E-state index >= 15 is 0 Å². The number of nitrogens with zero attached hydrogens (tertiary/aromatic N) is 3. The minimum atomic E-state index is 0.617. The van der Waals surface area contributed by atoms with Crippen molar-refractivity contribution in [1.29, 1.82) is 0 Å². The molecule has 0 fully saturated rings. The van der Waals surface area contributed by atoms with E-state index in [1.165, 1.54) is 0 Å². The Morgan fingerprint density at radius 2 is 2.22 bits per heavy atom. The molecule has 3 aromatic heterocycles. The second kappa shape index (κ2) is 4.83. The maximum atomic E-state index is 4.54. The first-order valence-electron chi connectivity index (χ1n) is 5.38. The van der Waals surface area contributed by atoms with Crippen molar-refractivity contribution >= 4 is 38.8 Å². The van der Waals surface area contributed by atoms with Crippen molar-refractivity contribution in [2.75, 3.05) is 11.9 Å². The summed E-state index contributed by atoms with van der Waals surface area (Å²) in [4.78, 5) is 13.3. The quantitative estimate of drug-likeness (QED) is 0.741. The summed E-state index contributed by atoms with van der Waals surface area (Å²) in [6, 6.07) is 2.00. The first kappa shape index (κ1) is 11.3. The highest BCUT2D eigenvalue weighted by atomic mass is 32.1. The zero-order chi connectivity index (χ0) is 12.4. The molecule has 3 aromatic rings. The highest BCUT2D eigenvalue weighted by Crippen LogP contribution is 2.31. The molecule has 3 rings (SSSR count). The Kier molecular flexibility index (Phi) is 3.04. The van der Waals surface area contributed by atoms with Crippen LogP contribution in [-0.2, 0) is 0 Å². The van der Waals surface area contributed by atoms with Gasteiger partial charge in [0.25, 0.3) is 0 Å². The first-order valence-corrected chi connectivity index (χ1v) is 7.14. The van der Waals surface area contributed by atoms with Crippen LogP contribution >= 0.6 is 22.7 Å². The number of rotatable bonds is 4. The molecule has 0 atom stereocenters. The van der Waals surface area contributed by atoms with Crippen LogP contribution in [-0.4, -0.2) is 21.5 Å². The van der Waals surface area contributed by atoms with E-state index in [0.717, 1.165) is 20.9 Å². The molecular formula is C12H10N4S2. The van der Waals surface area contributed by atoms with Crippen molar-refractivity contribution in [2.24, 2.45) is 0 Å². The Labute approximate surface area is 112 Å². The predicted octanol–water partition coefficient (Wildman–Crippen LogP) is 3.41. The Morgan fingerprint density at radius 1 is 1.28 bits per heavy atom. The molecule has 0 bridgehead atoms. The van der Waals surface area contributed by atoms with Crippen LogP contribution < -0.4 is 5.32 Å². The molecule has 0 amide bonds. The Bertz CT molecular complexity index is 673. The zero-order valence-corrected chi connectivity index (χ0v) is 11.1. The minimum Gasteiger partial charge on any atom is -0.351 e. The molecule has 0 saturated heterocycles. The summed E-state index contributed by atoms with van der Waals surface area (Å²) in [7, 11) is 0. The van der Waals surface area contributed by atoms with Crippen LogP contribution in [0.3, 0.4) is 0 Å². The average molecular weight is 274 g/mol. The van der Waals surface area contributed by atoms with Crippen molar-refractivity contribution in [1.82, 2.24) is 15.0 Å². The standard InChI is InChI=1S/C12H10N4S2/c1-2-4-14-12-15-8-3-6-17-10(8)9(16-12)11-13-5-7-18-11/h2-3,5-7H,1,4H2,(H,14,15,16). The summed E-state index contributed by atoms with van der Waals surface area (Å²) in [5.74, 6) is 0.617. The number of nitrogens with one attached hydrogen (secondary N) is 1. The summed E-state index contributed by atoms with van der Waals surface area (Å²) >= 11 is 3.22. The fraction of sp³-hybridized carbons (Fsp3) is 0.0833.